The zero-order valence-electron chi connectivity index (χ0n) is 17.0. The first-order valence-corrected chi connectivity index (χ1v) is 11.0. The zero-order chi connectivity index (χ0) is 22.6. The number of para-hydroxylation sites is 1. The zero-order valence-corrected chi connectivity index (χ0v) is 18.5. The first-order chi connectivity index (χ1) is 15.4. The highest BCUT2D eigenvalue weighted by Gasteiger charge is 2.63. The van der Waals surface area contributed by atoms with Crippen molar-refractivity contribution < 1.29 is 14.0 Å². The van der Waals surface area contributed by atoms with Crippen molar-refractivity contribution in [2.75, 3.05) is 5.32 Å². The molecule has 2 aliphatic heterocycles. The molecule has 2 amide bonds. The molecule has 3 aromatic carbocycles. The Hall–Kier alpha value is -2.89. The molecule has 3 aromatic rings. The van der Waals surface area contributed by atoms with E-state index in [9.17, 15) is 14.0 Å². The lowest BCUT2D eigenvalue weighted by molar-refractivity contribution is -0.135. The van der Waals surface area contributed by atoms with E-state index >= 15 is 0 Å². The number of hydrogen-bond donors (Lipinski definition) is 2. The van der Waals surface area contributed by atoms with Crippen LogP contribution in [0.2, 0.25) is 10.0 Å². The van der Waals surface area contributed by atoms with Gasteiger partial charge in [-0.3, -0.25) is 9.59 Å². The van der Waals surface area contributed by atoms with E-state index in [4.69, 9.17) is 23.2 Å². The van der Waals surface area contributed by atoms with Gasteiger partial charge in [0.05, 0.1) is 21.8 Å². The van der Waals surface area contributed by atoms with Gasteiger partial charge in [-0.2, -0.15) is 0 Å². The van der Waals surface area contributed by atoms with E-state index in [-0.39, 0.29) is 16.8 Å². The van der Waals surface area contributed by atoms with Crippen LogP contribution in [0, 0.1) is 11.7 Å². The van der Waals surface area contributed by atoms with E-state index in [1.54, 1.807) is 25.1 Å². The monoisotopic (exact) mass is 468 g/mol. The second-order valence-corrected chi connectivity index (χ2v) is 9.09. The van der Waals surface area contributed by atoms with Crippen molar-refractivity contribution in [2.24, 2.45) is 5.92 Å². The fourth-order valence-electron chi connectivity index (χ4n) is 5.29. The van der Waals surface area contributed by atoms with Gasteiger partial charge in [-0.1, -0.05) is 78.7 Å². The number of nitrogens with one attached hydrogen (secondary N) is 2. The Bertz CT molecular complexity index is 1250. The Balaban J connectivity index is 1.85. The number of anilines is 1. The van der Waals surface area contributed by atoms with Crippen LogP contribution in [-0.4, -0.2) is 11.8 Å². The van der Waals surface area contributed by atoms with Crippen LogP contribution in [0.15, 0.2) is 66.7 Å². The molecule has 2 N–H and O–H groups in total. The van der Waals surface area contributed by atoms with Crippen LogP contribution in [0.5, 0.6) is 0 Å². The second kappa shape index (κ2) is 7.61. The van der Waals surface area contributed by atoms with Gasteiger partial charge in [-0.15, -0.1) is 0 Å². The molecule has 0 aromatic heterocycles. The predicted molar refractivity (Wildman–Crippen MR) is 122 cm³/mol. The van der Waals surface area contributed by atoms with Crippen LogP contribution in [0.1, 0.15) is 35.6 Å². The van der Waals surface area contributed by atoms with Crippen molar-refractivity contribution in [1.82, 2.24) is 5.32 Å². The van der Waals surface area contributed by atoms with Crippen molar-refractivity contribution in [2.45, 2.75) is 24.3 Å². The summed E-state index contributed by atoms with van der Waals surface area (Å²) in [6.45, 7) is 1.77. The molecule has 5 rings (SSSR count). The number of halogens is 3. The molecule has 0 unspecified atom stereocenters. The summed E-state index contributed by atoms with van der Waals surface area (Å²) in [5, 5.41) is 6.40. The van der Waals surface area contributed by atoms with Gasteiger partial charge in [0.25, 0.3) is 0 Å². The summed E-state index contributed by atoms with van der Waals surface area (Å²) in [6.07, 6.45) is 0. The Labute approximate surface area is 194 Å². The Morgan fingerprint density at radius 3 is 2.38 bits per heavy atom. The van der Waals surface area contributed by atoms with Crippen molar-refractivity contribution in [3.63, 3.8) is 0 Å². The number of fused-ring (bicyclic) bond motifs is 2. The number of carbonyl (C=O) groups is 2. The predicted octanol–water partition coefficient (Wildman–Crippen LogP) is 5.61. The molecule has 1 fully saturated rings. The minimum absolute atomic E-state index is 0.0585. The quantitative estimate of drug-likeness (QED) is 0.513. The molecule has 4 atom stereocenters. The largest absolute Gasteiger partial charge is 0.348 e. The highest BCUT2D eigenvalue weighted by atomic mass is 35.5. The van der Waals surface area contributed by atoms with Crippen LogP contribution >= 0.6 is 23.2 Å². The topological polar surface area (TPSA) is 58.2 Å². The van der Waals surface area contributed by atoms with Crippen LogP contribution in [0.25, 0.3) is 0 Å². The lowest BCUT2D eigenvalue weighted by atomic mass is 9.56. The summed E-state index contributed by atoms with van der Waals surface area (Å²) in [6, 6.07) is 18.4. The molecule has 2 heterocycles. The lowest BCUT2D eigenvalue weighted by Crippen LogP contribution is -2.60. The number of benzene rings is 3. The van der Waals surface area contributed by atoms with Gasteiger partial charge in [0, 0.05) is 11.8 Å². The molecule has 1 saturated heterocycles. The molecule has 0 aliphatic carbocycles. The number of amides is 2. The third kappa shape index (κ3) is 2.88. The molecule has 2 aliphatic rings. The molecule has 1 spiro atoms. The standard InChI is InChI=1S/C25H19Cl2FN2O2/c1-13-20(15-10-11-19(28)18(27)12-15)25(16-8-5-9-17(26)21(16)29-24(25)32)22(30-23(13)31)14-6-3-2-4-7-14/h2-13,20,22H,1H3,(H,29,32)(H,30,31)/t13-,20-,22+,25-/m0/s1. The summed E-state index contributed by atoms with van der Waals surface area (Å²) in [5.74, 6) is -2.23. The highest BCUT2D eigenvalue weighted by Crippen LogP contribution is 2.59. The second-order valence-electron chi connectivity index (χ2n) is 8.28. The van der Waals surface area contributed by atoms with Gasteiger partial charge in [0.1, 0.15) is 11.2 Å². The minimum atomic E-state index is -1.21. The molecule has 7 heteroatoms. The van der Waals surface area contributed by atoms with E-state index in [1.807, 2.05) is 36.4 Å². The molecule has 4 nitrogen and oxygen atoms in total. The molecule has 32 heavy (non-hydrogen) atoms. The Morgan fingerprint density at radius 2 is 1.66 bits per heavy atom. The first kappa shape index (κ1) is 21.0. The van der Waals surface area contributed by atoms with Crippen LogP contribution in [0.4, 0.5) is 10.1 Å². The number of hydrogen-bond acceptors (Lipinski definition) is 2. The van der Waals surface area contributed by atoms with E-state index in [0.717, 1.165) is 5.56 Å². The van der Waals surface area contributed by atoms with Gasteiger partial charge in [0.15, 0.2) is 0 Å². The third-order valence-corrected chi connectivity index (χ3v) is 7.26. The van der Waals surface area contributed by atoms with Crippen molar-refractivity contribution in [3.05, 3.63) is 99.3 Å². The average molecular weight is 469 g/mol. The smallest absolute Gasteiger partial charge is 0.238 e. The number of piperidine rings is 1. The summed E-state index contributed by atoms with van der Waals surface area (Å²) < 4.78 is 14.0. The van der Waals surface area contributed by atoms with Gasteiger partial charge in [-0.05, 0) is 34.9 Å². The van der Waals surface area contributed by atoms with E-state index < -0.39 is 29.1 Å². The third-order valence-electron chi connectivity index (χ3n) is 6.66. The summed E-state index contributed by atoms with van der Waals surface area (Å²) in [7, 11) is 0. The maximum atomic E-state index is 14.0. The number of rotatable bonds is 2. The van der Waals surface area contributed by atoms with Crippen molar-refractivity contribution >= 4 is 40.7 Å². The van der Waals surface area contributed by atoms with E-state index in [0.29, 0.717) is 21.8 Å². The van der Waals surface area contributed by atoms with E-state index in [2.05, 4.69) is 10.6 Å². The van der Waals surface area contributed by atoms with E-state index in [1.165, 1.54) is 12.1 Å². The van der Waals surface area contributed by atoms with Crippen LogP contribution < -0.4 is 10.6 Å². The molecular formula is C25H19Cl2FN2O2. The van der Waals surface area contributed by atoms with Crippen molar-refractivity contribution in [1.29, 1.82) is 0 Å². The van der Waals surface area contributed by atoms with Crippen molar-refractivity contribution in [3.8, 4) is 0 Å². The van der Waals surface area contributed by atoms with Crippen LogP contribution in [-0.2, 0) is 15.0 Å². The molecule has 0 radical (unpaired) electrons. The summed E-state index contributed by atoms with van der Waals surface area (Å²) >= 11 is 12.6. The molecule has 0 saturated carbocycles. The fourth-order valence-corrected chi connectivity index (χ4v) is 5.70. The minimum Gasteiger partial charge on any atom is -0.348 e. The van der Waals surface area contributed by atoms with Gasteiger partial charge >= 0.3 is 0 Å². The molecule has 0 bridgehead atoms. The Kier molecular flexibility index (Phi) is 4.99. The average Bonchev–Trinajstić information content (AvgIpc) is 3.08. The highest BCUT2D eigenvalue weighted by molar-refractivity contribution is 6.35. The Morgan fingerprint density at radius 1 is 0.906 bits per heavy atom. The SMILES string of the molecule is C[C@@H]1C(=O)N[C@H](c2ccccc2)[C@@]2(C(=O)Nc3c(Cl)cccc32)[C@@H]1c1ccc(F)c(Cl)c1. The maximum absolute atomic E-state index is 14.0. The normalized spacial score (nSPS) is 26.6. The molecular weight excluding hydrogens is 450 g/mol. The molecule has 162 valence electrons. The summed E-state index contributed by atoms with van der Waals surface area (Å²) in [4.78, 5) is 27.1. The first-order valence-electron chi connectivity index (χ1n) is 10.3. The maximum Gasteiger partial charge on any atom is 0.238 e. The van der Waals surface area contributed by atoms with Gasteiger partial charge in [-0.25, -0.2) is 4.39 Å². The van der Waals surface area contributed by atoms with Gasteiger partial charge < -0.3 is 10.6 Å². The van der Waals surface area contributed by atoms with Crippen LogP contribution in [0.3, 0.4) is 0 Å². The summed E-state index contributed by atoms with van der Waals surface area (Å²) in [5.41, 5.74) is 1.41. The number of carbonyl (C=O) groups excluding carboxylic acids is 2. The lowest BCUT2D eigenvalue weighted by Gasteiger charge is -2.49. The fraction of sp³-hybridized carbons (Fsp3) is 0.200. The van der Waals surface area contributed by atoms with Gasteiger partial charge in [0.2, 0.25) is 11.8 Å².